The highest BCUT2D eigenvalue weighted by molar-refractivity contribution is 5.64. The van der Waals surface area contributed by atoms with Gasteiger partial charge < -0.3 is 15.7 Å². The second-order valence-electron chi connectivity index (χ2n) is 8.04. The number of aromatic hydroxyl groups is 1. The molecule has 146 valence electrons. The number of hydrogen-bond donors (Lipinski definition) is 3. The van der Waals surface area contributed by atoms with E-state index in [0.717, 1.165) is 39.3 Å². The molecule has 3 N–H and O–H groups in total. The van der Waals surface area contributed by atoms with E-state index in [0.29, 0.717) is 5.75 Å². The van der Waals surface area contributed by atoms with Gasteiger partial charge in [-0.25, -0.2) is 0 Å². The molecule has 3 heteroatoms. The van der Waals surface area contributed by atoms with E-state index in [4.69, 9.17) is 0 Å². The van der Waals surface area contributed by atoms with Crippen molar-refractivity contribution in [3.05, 3.63) is 82.4 Å². The van der Waals surface area contributed by atoms with Gasteiger partial charge in [-0.05, 0) is 100 Å². The summed E-state index contributed by atoms with van der Waals surface area (Å²) in [6.45, 7) is 12.5. The van der Waals surface area contributed by atoms with E-state index in [1.807, 2.05) is 37.3 Å². The minimum absolute atomic E-state index is 0.389. The fourth-order valence-electron chi connectivity index (χ4n) is 3.81. The van der Waals surface area contributed by atoms with Crippen molar-refractivity contribution < 1.29 is 5.11 Å². The van der Waals surface area contributed by atoms with Crippen LogP contribution in [0.1, 0.15) is 41.7 Å². The van der Waals surface area contributed by atoms with Crippen molar-refractivity contribution in [2.75, 3.05) is 10.6 Å². The Labute approximate surface area is 168 Å². The van der Waals surface area contributed by atoms with E-state index in [-0.39, 0.29) is 0 Å². The lowest BCUT2D eigenvalue weighted by Crippen LogP contribution is -2.29. The van der Waals surface area contributed by atoms with Gasteiger partial charge in [0.25, 0.3) is 0 Å². The molecule has 3 rings (SSSR count). The Hall–Kier alpha value is -2.94. The molecule has 0 heterocycles. The Kier molecular flexibility index (Phi) is 5.37. The molecule has 0 atom stereocenters. The summed E-state index contributed by atoms with van der Waals surface area (Å²) in [5.41, 5.74) is 8.15. The van der Waals surface area contributed by atoms with Gasteiger partial charge >= 0.3 is 0 Å². The maximum Gasteiger partial charge on any atom is 0.124 e. The monoisotopic (exact) mass is 374 g/mol. The zero-order valence-corrected chi connectivity index (χ0v) is 17.6. The summed E-state index contributed by atoms with van der Waals surface area (Å²) in [5, 5.41) is 17.8. The number of hydrogen-bond acceptors (Lipinski definition) is 3. The number of phenols is 1. The predicted octanol–water partition coefficient (Wildman–Crippen LogP) is 6.72. The topological polar surface area (TPSA) is 44.3 Å². The summed E-state index contributed by atoms with van der Waals surface area (Å²) in [6.07, 6.45) is 0. The summed E-state index contributed by atoms with van der Waals surface area (Å²) in [4.78, 5) is 0. The largest absolute Gasteiger partial charge is 0.507 e. The van der Waals surface area contributed by atoms with Crippen LogP contribution < -0.4 is 10.6 Å². The first-order valence-electron chi connectivity index (χ1n) is 9.71. The summed E-state index contributed by atoms with van der Waals surface area (Å²) in [7, 11) is 0. The summed E-state index contributed by atoms with van der Waals surface area (Å²) in [5.74, 6) is 0.389. The van der Waals surface area contributed by atoms with Crippen LogP contribution in [-0.4, -0.2) is 5.11 Å². The zero-order chi connectivity index (χ0) is 20.5. The van der Waals surface area contributed by atoms with Crippen LogP contribution in [0.25, 0.3) is 0 Å². The maximum absolute atomic E-state index is 10.9. The predicted molar refractivity (Wildman–Crippen MR) is 120 cm³/mol. The van der Waals surface area contributed by atoms with Crippen molar-refractivity contribution in [1.82, 2.24) is 0 Å². The Morgan fingerprint density at radius 3 is 1.75 bits per heavy atom. The first-order chi connectivity index (χ1) is 13.2. The molecule has 0 bridgehead atoms. The lowest BCUT2D eigenvalue weighted by Gasteiger charge is -2.32. The number of rotatable bonds is 5. The highest BCUT2D eigenvalue weighted by Crippen LogP contribution is 2.40. The summed E-state index contributed by atoms with van der Waals surface area (Å²) >= 11 is 0. The van der Waals surface area contributed by atoms with Crippen LogP contribution in [0.3, 0.4) is 0 Å². The van der Waals surface area contributed by atoms with E-state index in [1.165, 1.54) is 5.56 Å². The van der Waals surface area contributed by atoms with E-state index < -0.39 is 5.54 Å². The normalized spacial score (nSPS) is 11.4. The molecule has 0 spiro atoms. The van der Waals surface area contributed by atoms with Crippen LogP contribution >= 0.6 is 0 Å². The van der Waals surface area contributed by atoms with Gasteiger partial charge in [-0.1, -0.05) is 18.2 Å². The molecule has 0 aromatic heterocycles. The van der Waals surface area contributed by atoms with Crippen molar-refractivity contribution in [1.29, 1.82) is 0 Å². The van der Waals surface area contributed by atoms with Crippen LogP contribution in [-0.2, 0) is 5.54 Å². The van der Waals surface area contributed by atoms with E-state index >= 15 is 0 Å². The molecule has 0 aliphatic carbocycles. The van der Waals surface area contributed by atoms with Gasteiger partial charge in [0.1, 0.15) is 5.75 Å². The van der Waals surface area contributed by atoms with Crippen molar-refractivity contribution >= 4 is 17.1 Å². The van der Waals surface area contributed by atoms with Crippen molar-refractivity contribution in [3.8, 4) is 5.75 Å². The molecule has 0 amide bonds. The van der Waals surface area contributed by atoms with Crippen molar-refractivity contribution in [3.63, 3.8) is 0 Å². The first kappa shape index (κ1) is 19.8. The number of para-hydroxylation sites is 1. The van der Waals surface area contributed by atoms with Gasteiger partial charge in [-0.3, -0.25) is 0 Å². The van der Waals surface area contributed by atoms with Crippen LogP contribution in [0.5, 0.6) is 5.75 Å². The standard InChI is InChI=1S/C25H30N2O/c1-16-17(2)19(4)24(28)23(18(16)3)25(5,6)27-22-14-12-21(13-15-22)26-20-10-8-7-9-11-20/h7-15,26-28H,1-6H3. The third kappa shape index (κ3) is 3.84. The van der Waals surface area contributed by atoms with Crippen LogP contribution in [0.15, 0.2) is 54.6 Å². The van der Waals surface area contributed by atoms with Gasteiger partial charge in [0.15, 0.2) is 0 Å². The van der Waals surface area contributed by atoms with Crippen LogP contribution in [0.4, 0.5) is 17.1 Å². The second-order valence-corrected chi connectivity index (χ2v) is 8.04. The zero-order valence-electron chi connectivity index (χ0n) is 17.6. The lowest BCUT2D eigenvalue weighted by molar-refractivity contribution is 0.443. The highest BCUT2D eigenvalue weighted by atomic mass is 16.3. The quantitative estimate of drug-likeness (QED) is 0.464. The van der Waals surface area contributed by atoms with E-state index in [2.05, 4.69) is 69.5 Å². The maximum atomic E-state index is 10.9. The third-order valence-electron chi connectivity index (χ3n) is 5.68. The number of anilines is 3. The number of benzene rings is 3. The average molecular weight is 375 g/mol. The molecule has 0 aliphatic heterocycles. The number of phenolic OH excluding ortho intramolecular Hbond substituents is 1. The van der Waals surface area contributed by atoms with Crippen LogP contribution in [0, 0.1) is 27.7 Å². The van der Waals surface area contributed by atoms with Gasteiger partial charge in [-0.2, -0.15) is 0 Å². The molecule has 3 nitrogen and oxygen atoms in total. The molecule has 3 aromatic carbocycles. The van der Waals surface area contributed by atoms with Gasteiger partial charge in [-0.15, -0.1) is 0 Å². The highest BCUT2D eigenvalue weighted by Gasteiger charge is 2.28. The fraction of sp³-hybridized carbons (Fsp3) is 0.280. The molecule has 0 fully saturated rings. The molecule has 3 aromatic rings. The Balaban J connectivity index is 1.85. The molecular weight excluding hydrogens is 344 g/mol. The molecule has 0 aliphatic rings. The minimum Gasteiger partial charge on any atom is -0.507 e. The third-order valence-corrected chi connectivity index (χ3v) is 5.68. The first-order valence-corrected chi connectivity index (χ1v) is 9.71. The smallest absolute Gasteiger partial charge is 0.124 e. The molecule has 28 heavy (non-hydrogen) atoms. The average Bonchev–Trinajstić information content (AvgIpc) is 2.67. The van der Waals surface area contributed by atoms with Crippen LogP contribution in [0.2, 0.25) is 0 Å². The van der Waals surface area contributed by atoms with Crippen molar-refractivity contribution in [2.45, 2.75) is 47.1 Å². The molecule has 0 radical (unpaired) electrons. The fourth-order valence-corrected chi connectivity index (χ4v) is 3.81. The Bertz CT molecular complexity index is 945. The molecular formula is C25H30N2O. The van der Waals surface area contributed by atoms with E-state index in [1.54, 1.807) is 0 Å². The minimum atomic E-state index is -0.411. The number of nitrogens with one attached hydrogen (secondary N) is 2. The van der Waals surface area contributed by atoms with Gasteiger partial charge in [0.05, 0.1) is 5.54 Å². The molecule has 0 saturated carbocycles. The van der Waals surface area contributed by atoms with Crippen molar-refractivity contribution in [2.24, 2.45) is 0 Å². The summed E-state index contributed by atoms with van der Waals surface area (Å²) < 4.78 is 0. The SMILES string of the molecule is Cc1c(C)c(C)c(C(C)(C)Nc2ccc(Nc3ccccc3)cc2)c(O)c1C. The summed E-state index contributed by atoms with van der Waals surface area (Å²) in [6, 6.07) is 18.4. The molecule has 0 saturated heterocycles. The second kappa shape index (κ2) is 7.59. The van der Waals surface area contributed by atoms with E-state index in [9.17, 15) is 5.11 Å². The lowest BCUT2D eigenvalue weighted by atomic mass is 9.83. The molecule has 0 unspecified atom stereocenters. The Morgan fingerprint density at radius 2 is 1.14 bits per heavy atom. The Morgan fingerprint density at radius 1 is 0.643 bits per heavy atom. The van der Waals surface area contributed by atoms with Gasteiger partial charge in [0.2, 0.25) is 0 Å². The van der Waals surface area contributed by atoms with Gasteiger partial charge in [0, 0.05) is 22.6 Å².